The van der Waals surface area contributed by atoms with Crippen LogP contribution in [0.4, 0.5) is 13.2 Å². The summed E-state index contributed by atoms with van der Waals surface area (Å²) in [6, 6.07) is 5.69. The number of phenols is 2. The Hall–Kier alpha value is -3.10. The summed E-state index contributed by atoms with van der Waals surface area (Å²) in [6.07, 6.45) is -3.82. The van der Waals surface area contributed by atoms with E-state index in [0.717, 1.165) is 12.1 Å². The quantitative estimate of drug-likeness (QED) is 0.703. The highest BCUT2D eigenvalue weighted by Gasteiger charge is 2.30. The Kier molecular flexibility index (Phi) is 3.40. The van der Waals surface area contributed by atoms with Crippen LogP contribution >= 0.6 is 0 Å². The minimum Gasteiger partial charge on any atom is -0.508 e. The Morgan fingerprint density at radius 2 is 1.83 bits per heavy atom. The highest BCUT2D eigenvalue weighted by atomic mass is 19.4. The van der Waals surface area contributed by atoms with Crippen LogP contribution in [0.25, 0.3) is 23.0 Å². The molecule has 0 aliphatic rings. The minimum absolute atomic E-state index is 0.0449. The van der Waals surface area contributed by atoms with E-state index < -0.39 is 11.7 Å². The van der Waals surface area contributed by atoms with E-state index in [1.807, 2.05) is 0 Å². The molecule has 0 bridgehead atoms. The second-order valence-corrected chi connectivity index (χ2v) is 4.55. The molecule has 2 heterocycles. The largest absolute Gasteiger partial charge is 0.508 e. The summed E-state index contributed by atoms with van der Waals surface area (Å²) >= 11 is 0. The van der Waals surface area contributed by atoms with Gasteiger partial charge in [-0.1, -0.05) is 5.16 Å². The molecule has 0 aliphatic heterocycles. The number of halogens is 3. The average molecular weight is 323 g/mol. The maximum atomic E-state index is 12.5. The summed E-state index contributed by atoms with van der Waals surface area (Å²) in [5.74, 6) is -0.463. The van der Waals surface area contributed by atoms with E-state index in [2.05, 4.69) is 15.1 Å². The molecule has 23 heavy (non-hydrogen) atoms. The van der Waals surface area contributed by atoms with E-state index in [0.29, 0.717) is 6.20 Å². The van der Waals surface area contributed by atoms with Crippen LogP contribution in [-0.2, 0) is 6.18 Å². The highest BCUT2D eigenvalue weighted by Crippen LogP contribution is 2.33. The van der Waals surface area contributed by atoms with Crippen LogP contribution in [0.3, 0.4) is 0 Å². The Balaban J connectivity index is 1.94. The minimum atomic E-state index is -4.48. The molecule has 0 saturated heterocycles. The van der Waals surface area contributed by atoms with Crippen LogP contribution in [-0.4, -0.2) is 25.3 Å². The van der Waals surface area contributed by atoms with Crippen LogP contribution in [0.15, 0.2) is 41.1 Å². The maximum Gasteiger partial charge on any atom is 0.417 e. The monoisotopic (exact) mass is 323 g/mol. The van der Waals surface area contributed by atoms with Crippen molar-refractivity contribution in [3.63, 3.8) is 0 Å². The molecule has 0 fully saturated rings. The zero-order chi connectivity index (χ0) is 16.6. The standard InChI is InChI=1S/C14H8F3N3O3/c15-14(16,17)7-1-3-10(18-6-7)12-19-13(23-20-12)9-5-8(21)2-4-11(9)22/h1-6,21-22H. The van der Waals surface area contributed by atoms with E-state index in [9.17, 15) is 23.4 Å². The molecule has 1 aromatic carbocycles. The summed E-state index contributed by atoms with van der Waals surface area (Å²) in [6.45, 7) is 0. The molecule has 118 valence electrons. The number of nitrogens with zero attached hydrogens (tertiary/aromatic N) is 3. The topological polar surface area (TPSA) is 92.3 Å². The summed E-state index contributed by atoms with van der Waals surface area (Å²) in [7, 11) is 0. The van der Waals surface area contributed by atoms with E-state index in [1.165, 1.54) is 18.2 Å². The molecule has 0 radical (unpaired) electrons. The van der Waals surface area contributed by atoms with Gasteiger partial charge in [0.1, 0.15) is 17.2 Å². The zero-order valence-electron chi connectivity index (χ0n) is 11.2. The SMILES string of the molecule is Oc1ccc(O)c(-c2nc(-c3ccc(C(F)(F)F)cn3)no2)c1. The van der Waals surface area contributed by atoms with E-state index in [-0.39, 0.29) is 34.5 Å². The molecule has 6 nitrogen and oxygen atoms in total. The fraction of sp³-hybridized carbons (Fsp3) is 0.0714. The Bertz CT molecular complexity index is 844. The fourth-order valence-corrected chi connectivity index (χ4v) is 1.83. The summed E-state index contributed by atoms with van der Waals surface area (Å²) in [5, 5.41) is 22.7. The van der Waals surface area contributed by atoms with Crippen molar-refractivity contribution in [1.29, 1.82) is 0 Å². The zero-order valence-corrected chi connectivity index (χ0v) is 11.2. The molecule has 0 atom stereocenters. The van der Waals surface area contributed by atoms with Gasteiger partial charge in [-0.2, -0.15) is 18.2 Å². The average Bonchev–Trinajstić information content (AvgIpc) is 2.99. The Morgan fingerprint density at radius 3 is 2.48 bits per heavy atom. The number of benzene rings is 1. The molecular formula is C14H8F3N3O3. The number of phenolic OH excluding ortho intramolecular Hbond substituents is 2. The van der Waals surface area contributed by atoms with E-state index >= 15 is 0 Å². The lowest BCUT2D eigenvalue weighted by Gasteiger charge is -2.05. The predicted molar refractivity (Wildman–Crippen MR) is 71.3 cm³/mol. The molecule has 9 heteroatoms. The summed E-state index contributed by atoms with van der Waals surface area (Å²) in [4.78, 5) is 7.60. The summed E-state index contributed by atoms with van der Waals surface area (Å²) in [5.41, 5.74) is -0.723. The van der Waals surface area contributed by atoms with E-state index in [1.54, 1.807) is 0 Å². The van der Waals surface area contributed by atoms with Crippen molar-refractivity contribution in [3.8, 4) is 34.5 Å². The lowest BCUT2D eigenvalue weighted by atomic mass is 10.2. The number of hydrogen-bond acceptors (Lipinski definition) is 6. The van der Waals surface area contributed by atoms with Gasteiger partial charge in [0.05, 0.1) is 11.1 Å². The molecule has 0 unspecified atom stereocenters. The van der Waals surface area contributed by atoms with Crippen molar-refractivity contribution < 1.29 is 27.9 Å². The number of rotatable bonds is 2. The van der Waals surface area contributed by atoms with Gasteiger partial charge in [0.15, 0.2) is 0 Å². The second kappa shape index (κ2) is 5.27. The first-order valence-corrected chi connectivity index (χ1v) is 6.24. The van der Waals surface area contributed by atoms with Gasteiger partial charge in [0, 0.05) is 6.20 Å². The van der Waals surface area contributed by atoms with Gasteiger partial charge in [0.2, 0.25) is 5.82 Å². The Labute approximate surface area is 126 Å². The van der Waals surface area contributed by atoms with Crippen LogP contribution in [0, 0.1) is 0 Å². The van der Waals surface area contributed by atoms with Gasteiger partial charge in [-0.05, 0) is 30.3 Å². The molecule has 3 rings (SSSR count). The third-order valence-corrected chi connectivity index (χ3v) is 2.96. The van der Waals surface area contributed by atoms with Gasteiger partial charge in [-0.15, -0.1) is 0 Å². The lowest BCUT2D eigenvalue weighted by Crippen LogP contribution is -2.05. The number of aromatic nitrogens is 3. The third kappa shape index (κ3) is 2.93. The number of aromatic hydroxyl groups is 2. The van der Waals surface area contributed by atoms with Gasteiger partial charge >= 0.3 is 6.18 Å². The number of pyridine rings is 1. The first-order chi connectivity index (χ1) is 10.8. The lowest BCUT2D eigenvalue weighted by molar-refractivity contribution is -0.137. The molecule has 0 spiro atoms. The first-order valence-electron chi connectivity index (χ1n) is 6.24. The normalized spacial score (nSPS) is 11.6. The molecule has 0 saturated carbocycles. The summed E-state index contributed by atoms with van der Waals surface area (Å²) < 4.78 is 42.4. The van der Waals surface area contributed by atoms with Crippen LogP contribution in [0.2, 0.25) is 0 Å². The van der Waals surface area contributed by atoms with Crippen LogP contribution in [0.1, 0.15) is 5.56 Å². The fourth-order valence-electron chi connectivity index (χ4n) is 1.83. The molecule has 0 amide bonds. The van der Waals surface area contributed by atoms with Crippen molar-refractivity contribution in [3.05, 3.63) is 42.1 Å². The molecule has 2 aromatic heterocycles. The number of alkyl halides is 3. The first kappa shape index (κ1) is 14.8. The smallest absolute Gasteiger partial charge is 0.417 e. The van der Waals surface area contributed by atoms with Crippen molar-refractivity contribution in [2.45, 2.75) is 6.18 Å². The van der Waals surface area contributed by atoms with Crippen molar-refractivity contribution in [2.75, 3.05) is 0 Å². The van der Waals surface area contributed by atoms with Gasteiger partial charge < -0.3 is 14.7 Å². The van der Waals surface area contributed by atoms with Crippen LogP contribution in [0.5, 0.6) is 11.5 Å². The van der Waals surface area contributed by atoms with Gasteiger partial charge in [-0.3, -0.25) is 4.98 Å². The van der Waals surface area contributed by atoms with Gasteiger partial charge in [-0.25, -0.2) is 0 Å². The van der Waals surface area contributed by atoms with E-state index in [4.69, 9.17) is 4.52 Å². The maximum absolute atomic E-state index is 12.5. The molecule has 3 aromatic rings. The second-order valence-electron chi connectivity index (χ2n) is 4.55. The molecular weight excluding hydrogens is 315 g/mol. The molecule has 0 aliphatic carbocycles. The van der Waals surface area contributed by atoms with Crippen molar-refractivity contribution in [2.24, 2.45) is 0 Å². The van der Waals surface area contributed by atoms with Crippen LogP contribution < -0.4 is 0 Å². The number of hydrogen-bond donors (Lipinski definition) is 2. The van der Waals surface area contributed by atoms with Crippen molar-refractivity contribution >= 4 is 0 Å². The predicted octanol–water partition coefficient (Wildman–Crippen LogP) is 3.23. The Morgan fingerprint density at radius 1 is 1.04 bits per heavy atom. The van der Waals surface area contributed by atoms with Crippen molar-refractivity contribution in [1.82, 2.24) is 15.1 Å². The van der Waals surface area contributed by atoms with Gasteiger partial charge in [0.25, 0.3) is 5.89 Å². The highest BCUT2D eigenvalue weighted by molar-refractivity contribution is 5.65. The molecule has 2 N–H and O–H groups in total. The third-order valence-electron chi connectivity index (χ3n) is 2.96.